The Kier molecular flexibility index (Phi) is 3.14. The topological polar surface area (TPSA) is 42.2 Å². The molecule has 1 aromatic heterocycles. The molecule has 1 atom stereocenters. The summed E-state index contributed by atoms with van der Waals surface area (Å²) in [5.74, 6) is 1.51. The van der Waals surface area contributed by atoms with E-state index in [0.29, 0.717) is 11.0 Å². The minimum absolute atomic E-state index is 0.109. The first-order valence-electron chi connectivity index (χ1n) is 4.79. The van der Waals surface area contributed by atoms with Crippen LogP contribution in [-0.2, 0) is 0 Å². The largest absolute Gasteiger partial charge is 0.459 e. The van der Waals surface area contributed by atoms with Crippen molar-refractivity contribution in [1.29, 1.82) is 0 Å². The molecule has 2 heterocycles. The van der Waals surface area contributed by atoms with Crippen molar-refractivity contribution in [3.05, 3.63) is 24.2 Å². The Morgan fingerprint density at radius 2 is 2.64 bits per heavy atom. The van der Waals surface area contributed by atoms with Crippen molar-refractivity contribution in [1.82, 2.24) is 5.32 Å². The van der Waals surface area contributed by atoms with Gasteiger partial charge in [-0.3, -0.25) is 4.79 Å². The SMILES string of the molecule is O=C(NCC1CCCS1)c1ccco1. The molecule has 1 N–H and O–H groups in total. The summed E-state index contributed by atoms with van der Waals surface area (Å²) >= 11 is 1.94. The highest BCUT2D eigenvalue weighted by molar-refractivity contribution is 8.00. The average Bonchev–Trinajstić information content (AvgIpc) is 2.87. The van der Waals surface area contributed by atoms with Gasteiger partial charge in [0.25, 0.3) is 5.91 Å². The first kappa shape index (κ1) is 9.65. The second-order valence-corrected chi connectivity index (χ2v) is 4.73. The first-order valence-corrected chi connectivity index (χ1v) is 5.84. The molecular formula is C10H13NO2S. The Labute approximate surface area is 87.2 Å². The Balaban J connectivity index is 1.78. The minimum atomic E-state index is -0.109. The fraction of sp³-hybridized carbons (Fsp3) is 0.500. The molecule has 1 aliphatic heterocycles. The van der Waals surface area contributed by atoms with Crippen LogP contribution in [0.5, 0.6) is 0 Å². The molecule has 0 spiro atoms. The summed E-state index contributed by atoms with van der Waals surface area (Å²) in [5, 5.41) is 3.47. The van der Waals surface area contributed by atoms with Gasteiger partial charge in [-0.25, -0.2) is 0 Å². The van der Waals surface area contributed by atoms with Gasteiger partial charge in [-0.2, -0.15) is 11.8 Å². The molecule has 1 fully saturated rings. The highest BCUT2D eigenvalue weighted by Crippen LogP contribution is 2.25. The molecule has 2 rings (SSSR count). The van der Waals surface area contributed by atoms with Gasteiger partial charge in [0.2, 0.25) is 0 Å². The van der Waals surface area contributed by atoms with Crippen molar-refractivity contribution in [3.63, 3.8) is 0 Å². The summed E-state index contributed by atoms with van der Waals surface area (Å²) in [5.41, 5.74) is 0. The summed E-state index contributed by atoms with van der Waals surface area (Å²) < 4.78 is 4.99. The zero-order valence-corrected chi connectivity index (χ0v) is 8.68. The number of thioether (sulfide) groups is 1. The third-order valence-corrected chi connectivity index (χ3v) is 3.66. The van der Waals surface area contributed by atoms with Crippen LogP contribution in [0.15, 0.2) is 22.8 Å². The molecule has 0 bridgehead atoms. The van der Waals surface area contributed by atoms with E-state index in [-0.39, 0.29) is 5.91 Å². The first-order chi connectivity index (χ1) is 6.86. The summed E-state index contributed by atoms with van der Waals surface area (Å²) in [6.45, 7) is 0.754. The third kappa shape index (κ3) is 2.32. The molecule has 76 valence electrons. The van der Waals surface area contributed by atoms with E-state index in [1.54, 1.807) is 12.1 Å². The van der Waals surface area contributed by atoms with Crippen LogP contribution in [0, 0.1) is 0 Å². The molecule has 0 saturated carbocycles. The van der Waals surface area contributed by atoms with Crippen LogP contribution in [0.4, 0.5) is 0 Å². The van der Waals surface area contributed by atoms with Gasteiger partial charge < -0.3 is 9.73 Å². The number of hydrogen-bond acceptors (Lipinski definition) is 3. The second kappa shape index (κ2) is 4.55. The van der Waals surface area contributed by atoms with Gasteiger partial charge in [-0.05, 0) is 30.7 Å². The van der Waals surface area contributed by atoms with Crippen molar-refractivity contribution in [2.75, 3.05) is 12.3 Å². The van der Waals surface area contributed by atoms with Crippen LogP contribution in [0.2, 0.25) is 0 Å². The smallest absolute Gasteiger partial charge is 0.287 e. The normalized spacial score (nSPS) is 21.0. The number of hydrogen-bond donors (Lipinski definition) is 1. The van der Waals surface area contributed by atoms with Crippen molar-refractivity contribution < 1.29 is 9.21 Å². The van der Waals surface area contributed by atoms with Gasteiger partial charge in [-0.1, -0.05) is 0 Å². The fourth-order valence-electron chi connectivity index (χ4n) is 1.51. The number of carbonyl (C=O) groups is 1. The molecule has 1 amide bonds. The lowest BCUT2D eigenvalue weighted by atomic mass is 10.2. The lowest BCUT2D eigenvalue weighted by Crippen LogP contribution is -2.29. The zero-order valence-electron chi connectivity index (χ0n) is 7.86. The molecule has 0 radical (unpaired) electrons. The maximum Gasteiger partial charge on any atom is 0.287 e. The molecule has 0 aromatic carbocycles. The molecule has 14 heavy (non-hydrogen) atoms. The summed E-state index contributed by atoms with van der Waals surface area (Å²) in [6.07, 6.45) is 3.99. The number of amides is 1. The highest BCUT2D eigenvalue weighted by Gasteiger charge is 2.17. The van der Waals surface area contributed by atoms with Gasteiger partial charge >= 0.3 is 0 Å². The second-order valence-electron chi connectivity index (χ2n) is 3.32. The van der Waals surface area contributed by atoms with Crippen LogP contribution in [0.1, 0.15) is 23.4 Å². The molecule has 0 aliphatic carbocycles. The number of carbonyl (C=O) groups excluding carboxylic acids is 1. The van der Waals surface area contributed by atoms with Crippen molar-refractivity contribution in [2.45, 2.75) is 18.1 Å². The zero-order chi connectivity index (χ0) is 9.80. The van der Waals surface area contributed by atoms with Crippen LogP contribution in [0.25, 0.3) is 0 Å². The van der Waals surface area contributed by atoms with E-state index in [9.17, 15) is 4.79 Å². The molecule has 1 aromatic rings. The Morgan fingerprint density at radius 1 is 1.71 bits per heavy atom. The van der Waals surface area contributed by atoms with E-state index in [1.165, 1.54) is 24.9 Å². The summed E-state index contributed by atoms with van der Waals surface area (Å²) in [6, 6.07) is 3.40. The Morgan fingerprint density at radius 3 is 3.29 bits per heavy atom. The van der Waals surface area contributed by atoms with Gasteiger partial charge in [-0.15, -0.1) is 0 Å². The molecule has 1 aliphatic rings. The summed E-state index contributed by atoms with van der Waals surface area (Å²) in [4.78, 5) is 11.4. The Hall–Kier alpha value is -0.900. The predicted octanol–water partition coefficient (Wildman–Crippen LogP) is 1.91. The molecule has 1 saturated heterocycles. The van der Waals surface area contributed by atoms with E-state index < -0.39 is 0 Å². The molecule has 4 heteroatoms. The molecular weight excluding hydrogens is 198 g/mol. The maximum atomic E-state index is 11.4. The number of rotatable bonds is 3. The van der Waals surface area contributed by atoms with Gasteiger partial charge in [0.05, 0.1) is 6.26 Å². The van der Waals surface area contributed by atoms with Crippen molar-refractivity contribution in [3.8, 4) is 0 Å². The van der Waals surface area contributed by atoms with Crippen LogP contribution < -0.4 is 5.32 Å². The van der Waals surface area contributed by atoms with Crippen molar-refractivity contribution >= 4 is 17.7 Å². The Bertz CT molecular complexity index is 291. The monoisotopic (exact) mass is 211 g/mol. The fourth-order valence-corrected chi connectivity index (χ4v) is 2.71. The lowest BCUT2D eigenvalue weighted by molar-refractivity contribution is 0.0926. The van der Waals surface area contributed by atoms with Gasteiger partial charge in [0.1, 0.15) is 0 Å². The van der Waals surface area contributed by atoms with Crippen molar-refractivity contribution in [2.24, 2.45) is 0 Å². The van der Waals surface area contributed by atoms with Gasteiger partial charge in [0, 0.05) is 11.8 Å². The minimum Gasteiger partial charge on any atom is -0.459 e. The van der Waals surface area contributed by atoms with E-state index in [1.807, 2.05) is 11.8 Å². The van der Waals surface area contributed by atoms with E-state index in [2.05, 4.69) is 5.32 Å². The van der Waals surface area contributed by atoms with Gasteiger partial charge in [0.15, 0.2) is 5.76 Å². The highest BCUT2D eigenvalue weighted by atomic mass is 32.2. The van der Waals surface area contributed by atoms with Crippen LogP contribution in [0.3, 0.4) is 0 Å². The quantitative estimate of drug-likeness (QED) is 0.830. The van der Waals surface area contributed by atoms with Crippen LogP contribution in [-0.4, -0.2) is 23.5 Å². The van der Waals surface area contributed by atoms with E-state index >= 15 is 0 Å². The third-order valence-electron chi connectivity index (χ3n) is 2.26. The standard InChI is InChI=1S/C10H13NO2S/c12-10(9-4-1-5-13-9)11-7-8-3-2-6-14-8/h1,4-5,8H,2-3,6-7H2,(H,11,12). The molecule has 1 unspecified atom stereocenters. The predicted molar refractivity (Wildman–Crippen MR) is 56.5 cm³/mol. The average molecular weight is 211 g/mol. The number of nitrogens with one attached hydrogen (secondary N) is 1. The maximum absolute atomic E-state index is 11.4. The van der Waals surface area contributed by atoms with E-state index in [0.717, 1.165) is 6.54 Å². The lowest BCUT2D eigenvalue weighted by Gasteiger charge is -2.08. The molecule has 3 nitrogen and oxygen atoms in total. The number of furan rings is 1. The summed E-state index contributed by atoms with van der Waals surface area (Å²) in [7, 11) is 0. The van der Waals surface area contributed by atoms with Crippen LogP contribution >= 0.6 is 11.8 Å². The van der Waals surface area contributed by atoms with E-state index in [4.69, 9.17) is 4.42 Å².